The number of hydrogen-bond acceptors (Lipinski definition) is 4. The third kappa shape index (κ3) is 3.51. The fourth-order valence-electron chi connectivity index (χ4n) is 1.45. The second-order valence-corrected chi connectivity index (χ2v) is 6.71. The molecule has 0 saturated carbocycles. The number of nitro groups is 1. The first-order valence-corrected chi connectivity index (χ1v) is 6.80. The third-order valence-corrected chi connectivity index (χ3v) is 4.01. The van der Waals surface area contributed by atoms with Gasteiger partial charge in [0, 0.05) is 17.7 Å². The molecule has 0 spiro atoms. The lowest BCUT2D eigenvalue weighted by Crippen LogP contribution is -2.40. The average Bonchev–Trinajstić information content (AvgIpc) is 2.13. The van der Waals surface area contributed by atoms with Gasteiger partial charge in [-0.05, 0) is 33.3 Å². The van der Waals surface area contributed by atoms with Crippen LogP contribution in [0.5, 0.6) is 0 Å². The summed E-state index contributed by atoms with van der Waals surface area (Å²) in [5, 5.41) is 10.7. The van der Waals surface area contributed by atoms with Crippen molar-refractivity contribution in [3.63, 3.8) is 0 Å². The van der Waals surface area contributed by atoms with E-state index in [4.69, 9.17) is 0 Å². The number of hydrogen-bond donors (Lipinski definition) is 1. The molecule has 0 heterocycles. The SMILES string of the molecule is Cc1ccc([N+](=O)[O-])cc1S(=O)(=O)NC(C)(C)C. The summed E-state index contributed by atoms with van der Waals surface area (Å²) in [7, 11) is -3.76. The molecule has 0 amide bonds. The van der Waals surface area contributed by atoms with Crippen LogP contribution in [0.3, 0.4) is 0 Å². The number of nitro benzene ring substituents is 1. The van der Waals surface area contributed by atoms with E-state index in [2.05, 4.69) is 4.72 Å². The van der Waals surface area contributed by atoms with Crippen LogP contribution in [0.15, 0.2) is 23.1 Å². The van der Waals surface area contributed by atoms with Gasteiger partial charge >= 0.3 is 0 Å². The largest absolute Gasteiger partial charge is 0.270 e. The van der Waals surface area contributed by atoms with Crippen molar-refractivity contribution in [1.29, 1.82) is 0 Å². The maximum absolute atomic E-state index is 12.1. The summed E-state index contributed by atoms with van der Waals surface area (Å²) in [4.78, 5) is 9.99. The Hall–Kier alpha value is -1.47. The number of rotatable bonds is 3. The lowest BCUT2D eigenvalue weighted by atomic mass is 10.1. The summed E-state index contributed by atoms with van der Waals surface area (Å²) in [6.45, 7) is 6.71. The molecule has 0 aliphatic heterocycles. The first-order valence-electron chi connectivity index (χ1n) is 5.32. The Morgan fingerprint density at radius 3 is 2.28 bits per heavy atom. The maximum Gasteiger partial charge on any atom is 0.270 e. The minimum absolute atomic E-state index is 0.0633. The normalized spacial score (nSPS) is 12.4. The van der Waals surface area contributed by atoms with E-state index in [9.17, 15) is 18.5 Å². The Labute approximate surface area is 106 Å². The van der Waals surface area contributed by atoms with Gasteiger partial charge < -0.3 is 0 Å². The van der Waals surface area contributed by atoms with Crippen molar-refractivity contribution in [2.45, 2.75) is 38.1 Å². The summed E-state index contributed by atoms with van der Waals surface area (Å²) >= 11 is 0. The predicted molar refractivity (Wildman–Crippen MR) is 67.9 cm³/mol. The van der Waals surface area contributed by atoms with Crippen LogP contribution in [0.4, 0.5) is 5.69 Å². The molecule has 0 atom stereocenters. The highest BCUT2D eigenvalue weighted by Crippen LogP contribution is 2.22. The maximum atomic E-state index is 12.1. The van der Waals surface area contributed by atoms with Crippen LogP contribution in [0.1, 0.15) is 26.3 Å². The van der Waals surface area contributed by atoms with Crippen molar-refractivity contribution in [3.05, 3.63) is 33.9 Å². The molecule has 1 N–H and O–H groups in total. The molecule has 0 radical (unpaired) electrons. The van der Waals surface area contributed by atoms with Gasteiger partial charge in [-0.3, -0.25) is 10.1 Å². The van der Waals surface area contributed by atoms with Gasteiger partial charge in [0.15, 0.2) is 0 Å². The number of non-ortho nitro benzene ring substituents is 1. The van der Waals surface area contributed by atoms with Crippen LogP contribution in [0.2, 0.25) is 0 Å². The first-order chi connectivity index (χ1) is 8.03. The van der Waals surface area contributed by atoms with Crippen molar-refractivity contribution in [2.24, 2.45) is 0 Å². The minimum atomic E-state index is -3.76. The summed E-state index contributed by atoms with van der Waals surface area (Å²) in [5.41, 5.74) is -0.414. The van der Waals surface area contributed by atoms with Crippen LogP contribution in [0.25, 0.3) is 0 Å². The molecule has 0 aliphatic rings. The van der Waals surface area contributed by atoms with Gasteiger partial charge in [-0.25, -0.2) is 13.1 Å². The fraction of sp³-hybridized carbons (Fsp3) is 0.455. The Morgan fingerprint density at radius 2 is 1.83 bits per heavy atom. The van der Waals surface area contributed by atoms with Gasteiger partial charge in [0.25, 0.3) is 5.69 Å². The van der Waals surface area contributed by atoms with E-state index in [0.29, 0.717) is 5.56 Å². The summed E-state index contributed by atoms with van der Waals surface area (Å²) < 4.78 is 26.7. The zero-order chi connectivity index (χ0) is 14.1. The van der Waals surface area contributed by atoms with Crippen LogP contribution in [-0.2, 0) is 10.0 Å². The van der Waals surface area contributed by atoms with Crippen molar-refractivity contribution < 1.29 is 13.3 Å². The van der Waals surface area contributed by atoms with Gasteiger partial charge in [0.1, 0.15) is 0 Å². The fourth-order valence-corrected chi connectivity index (χ4v) is 3.13. The number of nitrogens with one attached hydrogen (secondary N) is 1. The number of aryl methyl sites for hydroxylation is 1. The smallest absolute Gasteiger partial charge is 0.258 e. The number of sulfonamides is 1. The van der Waals surface area contributed by atoms with Crippen molar-refractivity contribution in [2.75, 3.05) is 0 Å². The van der Waals surface area contributed by atoms with Crippen molar-refractivity contribution >= 4 is 15.7 Å². The lowest BCUT2D eigenvalue weighted by Gasteiger charge is -2.21. The topological polar surface area (TPSA) is 89.3 Å². The second-order valence-electron chi connectivity index (χ2n) is 5.06. The average molecular weight is 272 g/mol. The van der Waals surface area contributed by atoms with Crippen LogP contribution >= 0.6 is 0 Å². The Balaban J connectivity index is 3.32. The highest BCUT2D eigenvalue weighted by atomic mass is 32.2. The molecule has 0 aliphatic carbocycles. The minimum Gasteiger partial charge on any atom is -0.258 e. The molecule has 0 bridgehead atoms. The van der Waals surface area contributed by atoms with Gasteiger partial charge in [-0.15, -0.1) is 0 Å². The lowest BCUT2D eigenvalue weighted by molar-refractivity contribution is -0.385. The molecule has 100 valence electrons. The molecule has 6 nitrogen and oxygen atoms in total. The van der Waals surface area contributed by atoms with Gasteiger partial charge in [0.05, 0.1) is 9.82 Å². The molecule has 1 aromatic rings. The van der Waals surface area contributed by atoms with E-state index >= 15 is 0 Å². The van der Waals surface area contributed by atoms with Gasteiger partial charge in [0.2, 0.25) is 10.0 Å². The molecular formula is C11H16N2O4S. The Kier molecular flexibility index (Phi) is 3.78. The van der Waals surface area contributed by atoms with Gasteiger partial charge in [-0.1, -0.05) is 6.07 Å². The molecule has 1 rings (SSSR count). The van der Waals surface area contributed by atoms with Crippen LogP contribution in [-0.4, -0.2) is 18.9 Å². The van der Waals surface area contributed by atoms with Crippen molar-refractivity contribution in [1.82, 2.24) is 4.72 Å². The molecule has 0 fully saturated rings. The van der Waals surface area contributed by atoms with E-state index in [0.717, 1.165) is 6.07 Å². The predicted octanol–water partition coefficient (Wildman–Crippen LogP) is 1.98. The highest BCUT2D eigenvalue weighted by molar-refractivity contribution is 7.89. The van der Waals surface area contributed by atoms with E-state index in [1.54, 1.807) is 27.7 Å². The molecular weight excluding hydrogens is 256 g/mol. The van der Waals surface area contributed by atoms with E-state index < -0.39 is 20.5 Å². The number of nitrogens with zero attached hydrogens (tertiary/aromatic N) is 1. The van der Waals surface area contributed by atoms with Gasteiger partial charge in [-0.2, -0.15) is 0 Å². The summed E-state index contributed by atoms with van der Waals surface area (Å²) in [6.07, 6.45) is 0. The quantitative estimate of drug-likeness (QED) is 0.673. The molecule has 1 aromatic carbocycles. The van der Waals surface area contributed by atoms with Crippen LogP contribution in [0, 0.1) is 17.0 Å². The standard InChI is InChI=1S/C11H16N2O4S/c1-8-5-6-9(13(14)15)7-10(8)18(16,17)12-11(2,3)4/h5-7,12H,1-4H3. The molecule has 0 saturated heterocycles. The second kappa shape index (κ2) is 4.66. The van der Waals surface area contributed by atoms with E-state index in [1.807, 2.05) is 0 Å². The van der Waals surface area contributed by atoms with Crippen molar-refractivity contribution in [3.8, 4) is 0 Å². The molecule has 7 heteroatoms. The van der Waals surface area contributed by atoms with E-state index in [1.165, 1.54) is 12.1 Å². The highest BCUT2D eigenvalue weighted by Gasteiger charge is 2.25. The first kappa shape index (κ1) is 14.6. The monoisotopic (exact) mass is 272 g/mol. The summed E-state index contributed by atoms with van der Waals surface area (Å²) in [5.74, 6) is 0. The molecule has 0 unspecified atom stereocenters. The molecule has 18 heavy (non-hydrogen) atoms. The number of benzene rings is 1. The third-order valence-electron chi connectivity index (χ3n) is 2.11. The Bertz CT molecular complexity index is 573. The van der Waals surface area contributed by atoms with E-state index in [-0.39, 0.29) is 10.6 Å². The molecule has 0 aromatic heterocycles. The van der Waals surface area contributed by atoms with Crippen LogP contribution < -0.4 is 4.72 Å². The zero-order valence-corrected chi connectivity index (χ0v) is 11.5. The Morgan fingerprint density at radius 1 is 1.28 bits per heavy atom. The summed E-state index contributed by atoms with van der Waals surface area (Å²) in [6, 6.07) is 3.78. The zero-order valence-electron chi connectivity index (χ0n) is 10.7.